The lowest BCUT2D eigenvalue weighted by atomic mass is 10.1. The van der Waals surface area contributed by atoms with E-state index in [2.05, 4.69) is 15.3 Å². The molecule has 1 aliphatic carbocycles. The molecular formula is C12H15N3O3. The predicted molar refractivity (Wildman–Crippen MR) is 63.0 cm³/mol. The Morgan fingerprint density at radius 3 is 2.83 bits per heavy atom. The van der Waals surface area contributed by atoms with Crippen LogP contribution in [0, 0.1) is 12.8 Å². The van der Waals surface area contributed by atoms with Crippen LogP contribution >= 0.6 is 0 Å². The second-order valence-corrected chi connectivity index (χ2v) is 4.51. The van der Waals surface area contributed by atoms with Crippen molar-refractivity contribution in [1.82, 2.24) is 15.3 Å². The molecule has 0 aromatic carbocycles. The highest BCUT2D eigenvalue weighted by Crippen LogP contribution is 2.25. The smallest absolute Gasteiger partial charge is 0.306 e. The number of carboxylic acid groups (broad SMARTS) is 1. The van der Waals surface area contributed by atoms with Crippen LogP contribution in [0.15, 0.2) is 12.3 Å². The molecule has 2 atom stereocenters. The first-order valence-corrected chi connectivity index (χ1v) is 5.89. The van der Waals surface area contributed by atoms with Crippen molar-refractivity contribution in [2.24, 2.45) is 5.92 Å². The number of aliphatic carboxylic acids is 1. The lowest BCUT2D eigenvalue weighted by molar-refractivity contribution is -0.141. The summed E-state index contributed by atoms with van der Waals surface area (Å²) in [5, 5.41) is 11.7. The molecule has 2 N–H and O–H groups in total. The van der Waals surface area contributed by atoms with Gasteiger partial charge in [-0.1, -0.05) is 0 Å². The largest absolute Gasteiger partial charge is 0.481 e. The molecule has 1 aromatic rings. The third-order valence-electron chi connectivity index (χ3n) is 3.13. The number of rotatable bonds is 3. The molecule has 0 aliphatic heterocycles. The monoisotopic (exact) mass is 249 g/mol. The van der Waals surface area contributed by atoms with E-state index in [1.807, 2.05) is 0 Å². The molecule has 18 heavy (non-hydrogen) atoms. The van der Waals surface area contributed by atoms with Crippen LogP contribution in [0.4, 0.5) is 0 Å². The van der Waals surface area contributed by atoms with Gasteiger partial charge in [0.1, 0.15) is 11.5 Å². The summed E-state index contributed by atoms with van der Waals surface area (Å²) >= 11 is 0. The molecule has 1 fully saturated rings. The summed E-state index contributed by atoms with van der Waals surface area (Å²) in [5.74, 6) is -0.860. The van der Waals surface area contributed by atoms with Gasteiger partial charge in [-0.2, -0.15) is 0 Å². The molecule has 0 radical (unpaired) electrons. The molecule has 96 valence electrons. The van der Waals surface area contributed by atoms with Gasteiger partial charge in [0.05, 0.1) is 5.92 Å². The van der Waals surface area contributed by atoms with Crippen LogP contribution in [0.25, 0.3) is 0 Å². The van der Waals surface area contributed by atoms with Gasteiger partial charge >= 0.3 is 5.97 Å². The Morgan fingerprint density at radius 1 is 1.44 bits per heavy atom. The first-order valence-electron chi connectivity index (χ1n) is 5.89. The molecule has 0 bridgehead atoms. The third-order valence-corrected chi connectivity index (χ3v) is 3.13. The zero-order chi connectivity index (χ0) is 13.1. The van der Waals surface area contributed by atoms with Crippen molar-refractivity contribution >= 4 is 11.9 Å². The minimum atomic E-state index is -0.787. The number of aromatic nitrogens is 2. The van der Waals surface area contributed by atoms with Crippen LogP contribution in [-0.4, -0.2) is 33.0 Å². The van der Waals surface area contributed by atoms with Crippen LogP contribution in [0.3, 0.4) is 0 Å². The Morgan fingerprint density at radius 2 is 2.22 bits per heavy atom. The molecule has 1 saturated carbocycles. The number of aryl methyl sites for hydroxylation is 1. The lowest BCUT2D eigenvalue weighted by Gasteiger charge is -2.11. The second-order valence-electron chi connectivity index (χ2n) is 4.51. The maximum Gasteiger partial charge on any atom is 0.306 e. The molecule has 6 heteroatoms. The molecule has 0 unspecified atom stereocenters. The van der Waals surface area contributed by atoms with Crippen LogP contribution in [0.2, 0.25) is 0 Å². The summed E-state index contributed by atoms with van der Waals surface area (Å²) in [4.78, 5) is 30.6. The highest BCUT2D eigenvalue weighted by molar-refractivity contribution is 5.92. The average Bonchev–Trinajstić information content (AvgIpc) is 2.77. The number of nitrogens with zero attached hydrogens (tertiary/aromatic N) is 2. The van der Waals surface area contributed by atoms with Gasteiger partial charge in [0.2, 0.25) is 0 Å². The van der Waals surface area contributed by atoms with Gasteiger partial charge in [0.15, 0.2) is 0 Å². The molecule has 0 spiro atoms. The fourth-order valence-electron chi connectivity index (χ4n) is 2.18. The fraction of sp³-hybridized carbons (Fsp3) is 0.500. The van der Waals surface area contributed by atoms with Crippen molar-refractivity contribution in [2.75, 3.05) is 0 Å². The maximum absolute atomic E-state index is 11.9. The number of nitrogens with one attached hydrogen (secondary N) is 1. The average molecular weight is 249 g/mol. The van der Waals surface area contributed by atoms with Crippen molar-refractivity contribution in [3.8, 4) is 0 Å². The molecule has 1 aromatic heterocycles. The van der Waals surface area contributed by atoms with Gasteiger partial charge in [-0.15, -0.1) is 0 Å². The Labute approximate surface area is 104 Å². The summed E-state index contributed by atoms with van der Waals surface area (Å²) < 4.78 is 0. The van der Waals surface area contributed by atoms with Gasteiger partial charge in [0, 0.05) is 12.2 Å². The van der Waals surface area contributed by atoms with E-state index in [-0.39, 0.29) is 17.9 Å². The summed E-state index contributed by atoms with van der Waals surface area (Å²) in [6.45, 7) is 1.72. The van der Waals surface area contributed by atoms with Gasteiger partial charge < -0.3 is 10.4 Å². The van der Waals surface area contributed by atoms with Gasteiger partial charge in [0.25, 0.3) is 5.91 Å². The first kappa shape index (κ1) is 12.5. The highest BCUT2D eigenvalue weighted by atomic mass is 16.4. The number of carbonyl (C=O) groups excluding carboxylic acids is 1. The topological polar surface area (TPSA) is 92.2 Å². The number of carbonyl (C=O) groups is 2. The lowest BCUT2D eigenvalue weighted by Crippen LogP contribution is -2.34. The highest BCUT2D eigenvalue weighted by Gasteiger charge is 2.30. The Hall–Kier alpha value is -1.98. The molecule has 2 rings (SSSR count). The molecule has 1 heterocycles. The van der Waals surface area contributed by atoms with Crippen molar-refractivity contribution in [1.29, 1.82) is 0 Å². The number of hydrogen-bond acceptors (Lipinski definition) is 4. The number of carboxylic acids is 1. The summed E-state index contributed by atoms with van der Waals surface area (Å²) in [7, 11) is 0. The van der Waals surface area contributed by atoms with Gasteiger partial charge in [-0.3, -0.25) is 9.59 Å². The minimum Gasteiger partial charge on any atom is -0.481 e. The minimum absolute atomic E-state index is 0.0751. The van der Waals surface area contributed by atoms with Crippen LogP contribution < -0.4 is 5.32 Å². The zero-order valence-electron chi connectivity index (χ0n) is 10.1. The molecule has 1 aliphatic rings. The van der Waals surface area contributed by atoms with Crippen molar-refractivity contribution in [3.63, 3.8) is 0 Å². The van der Waals surface area contributed by atoms with E-state index in [4.69, 9.17) is 5.11 Å². The van der Waals surface area contributed by atoms with E-state index in [0.717, 1.165) is 0 Å². The van der Waals surface area contributed by atoms with Crippen LogP contribution in [-0.2, 0) is 4.79 Å². The van der Waals surface area contributed by atoms with E-state index in [0.29, 0.717) is 30.8 Å². The molecule has 6 nitrogen and oxygen atoms in total. The Kier molecular flexibility index (Phi) is 3.55. The maximum atomic E-state index is 11.9. The zero-order valence-corrected chi connectivity index (χ0v) is 10.1. The summed E-state index contributed by atoms with van der Waals surface area (Å²) in [6.07, 6.45) is 3.34. The SMILES string of the molecule is Cc1nccc(C(=O)N[C@@H]2CC[C@H](C(=O)O)C2)n1. The molecule has 0 saturated heterocycles. The van der Waals surface area contributed by atoms with E-state index in [1.165, 1.54) is 6.20 Å². The van der Waals surface area contributed by atoms with Crippen molar-refractivity contribution in [3.05, 3.63) is 23.8 Å². The first-order chi connectivity index (χ1) is 8.56. The summed E-state index contributed by atoms with van der Waals surface area (Å²) in [5.41, 5.74) is 0.321. The Balaban J connectivity index is 1.95. The van der Waals surface area contributed by atoms with Gasteiger partial charge in [-0.25, -0.2) is 9.97 Å². The Bertz CT molecular complexity index is 475. The van der Waals surface area contributed by atoms with Crippen LogP contribution in [0.1, 0.15) is 35.6 Å². The van der Waals surface area contributed by atoms with E-state index >= 15 is 0 Å². The molecular weight excluding hydrogens is 234 g/mol. The van der Waals surface area contributed by atoms with E-state index in [1.54, 1.807) is 13.0 Å². The van der Waals surface area contributed by atoms with Gasteiger partial charge in [-0.05, 0) is 32.3 Å². The fourth-order valence-corrected chi connectivity index (χ4v) is 2.18. The number of hydrogen-bond donors (Lipinski definition) is 2. The summed E-state index contributed by atoms with van der Waals surface area (Å²) in [6, 6.07) is 1.47. The van der Waals surface area contributed by atoms with E-state index < -0.39 is 5.97 Å². The third kappa shape index (κ3) is 2.82. The normalized spacial score (nSPS) is 22.7. The van der Waals surface area contributed by atoms with Crippen molar-refractivity contribution < 1.29 is 14.7 Å². The quantitative estimate of drug-likeness (QED) is 0.825. The van der Waals surface area contributed by atoms with E-state index in [9.17, 15) is 9.59 Å². The van der Waals surface area contributed by atoms with Crippen molar-refractivity contribution in [2.45, 2.75) is 32.2 Å². The number of amides is 1. The molecule has 1 amide bonds. The predicted octanol–water partition coefficient (Wildman–Crippen LogP) is 0.768. The standard InChI is InChI=1S/C12H15N3O3/c1-7-13-5-4-10(14-7)11(16)15-9-3-2-8(6-9)12(17)18/h4-5,8-9H,2-3,6H2,1H3,(H,15,16)(H,17,18)/t8-,9+/m0/s1. The second kappa shape index (κ2) is 5.12. The van der Waals surface area contributed by atoms with Crippen LogP contribution in [0.5, 0.6) is 0 Å².